The summed E-state index contributed by atoms with van der Waals surface area (Å²) in [5.74, 6) is -11.3. The van der Waals surface area contributed by atoms with Crippen LogP contribution in [0.4, 0.5) is 59.3 Å². The number of rotatable bonds is 19. The van der Waals surface area contributed by atoms with Crippen LogP contribution in [0.25, 0.3) is 22.0 Å². The molecule has 4 atom stereocenters. The summed E-state index contributed by atoms with van der Waals surface area (Å²) in [6.07, 6.45) is -11.4. The third kappa shape index (κ3) is 13.3. The molecule has 4 N–H and O–H groups in total. The van der Waals surface area contributed by atoms with Gasteiger partial charge in [-0.25, -0.2) is 44.3 Å². The lowest BCUT2D eigenvalue weighted by molar-refractivity contribution is -0.143. The minimum atomic E-state index is -5.24. The fraction of sp³-hybridized carbons (Fsp3) is 0.489. The van der Waals surface area contributed by atoms with Crippen LogP contribution in [-0.2, 0) is 76.5 Å². The number of phosphoric ester groups is 1. The summed E-state index contributed by atoms with van der Waals surface area (Å²) in [6, 6.07) is 2.50. The number of nitrogens with zero attached hydrogens (tertiary/aromatic N) is 7. The predicted molar refractivity (Wildman–Crippen MR) is 269 cm³/mol. The molecule has 4 amide bonds. The summed E-state index contributed by atoms with van der Waals surface area (Å²) >= 11 is 6.75. The van der Waals surface area contributed by atoms with E-state index in [0.29, 0.717) is 12.3 Å². The topological polar surface area (TPSA) is 275 Å². The van der Waals surface area contributed by atoms with Gasteiger partial charge in [-0.15, -0.1) is 0 Å². The molecular weight excluding hydrogens is 1200 g/mol. The molecule has 2 fully saturated rings. The van der Waals surface area contributed by atoms with Gasteiger partial charge >= 0.3 is 32.3 Å². The summed E-state index contributed by atoms with van der Waals surface area (Å²) in [5, 5.41) is 10.9. The third-order valence-electron chi connectivity index (χ3n) is 14.1. The Morgan fingerprint density at radius 1 is 0.963 bits per heavy atom. The van der Waals surface area contributed by atoms with E-state index in [9.17, 15) is 70.9 Å². The maximum absolute atomic E-state index is 15.7. The zero-order valence-electron chi connectivity index (χ0n) is 43.2. The largest absolute Gasteiger partial charge is 0.472 e. The van der Waals surface area contributed by atoms with Crippen LogP contribution in [-0.4, -0.2) is 123 Å². The summed E-state index contributed by atoms with van der Waals surface area (Å²) in [6.45, 7) is -2.46. The summed E-state index contributed by atoms with van der Waals surface area (Å²) in [7, 11) is -13.8. The van der Waals surface area contributed by atoms with Crippen molar-refractivity contribution in [3.05, 3.63) is 93.0 Å². The molecular formula is C47H49ClF10N9O12PS2. The van der Waals surface area contributed by atoms with Crippen molar-refractivity contribution in [2.45, 2.75) is 106 Å². The number of aromatic nitrogens is 5. The fourth-order valence-corrected chi connectivity index (χ4v) is 11.8. The monoisotopic (exact) mass is 1250 g/mol. The first-order valence-corrected chi connectivity index (χ1v) is 30.1. The molecule has 0 radical (unpaired) electrons. The highest BCUT2D eigenvalue weighted by atomic mass is 35.5. The second-order valence-electron chi connectivity index (χ2n) is 20.5. The number of ether oxygens (including phenoxy) is 1. The van der Waals surface area contributed by atoms with E-state index in [1.807, 2.05) is 0 Å². The zero-order valence-corrected chi connectivity index (χ0v) is 46.4. The van der Waals surface area contributed by atoms with Gasteiger partial charge in [-0.05, 0) is 88.1 Å². The number of alkyl halides is 8. The average Bonchev–Trinajstić information content (AvgIpc) is 2.96. The number of alkyl carbamates (subject to hydrolysis) is 1. The van der Waals surface area contributed by atoms with Crippen molar-refractivity contribution in [3.8, 4) is 11.1 Å². The van der Waals surface area contributed by atoms with Gasteiger partial charge in [0.25, 0.3) is 5.92 Å². The summed E-state index contributed by atoms with van der Waals surface area (Å²) in [5.41, 5.74) is -5.59. The van der Waals surface area contributed by atoms with E-state index in [1.165, 1.54) is 26.0 Å². The van der Waals surface area contributed by atoms with Gasteiger partial charge in [0.05, 0.1) is 44.7 Å². The number of aryl methyl sites for hydroxylation is 1. The smallest absolute Gasteiger partial charge is 0.422 e. The normalized spacial score (nSPS) is 18.5. The molecule has 1 saturated carbocycles. The number of carbonyl (C=O) groups excluding carboxylic acids is 3. The van der Waals surface area contributed by atoms with E-state index >= 15 is 8.78 Å². The standard InChI is InChI=1S/C47H49ClF10N9O12PS2/c1-44(2,81(3,74)75)12-11-26-7-8-28(37(60-26)33(16-23-14-24(49)17-25(50)15-23)61-34(68)20-65-40-35(39(62-65)47(56,57)58)30-18-31(30)46(40,54)55)29-9-10-32(48)36-38(29)66(21-45(51,52)53)63-41(36)67(82(4,76)77)43(70)64-13-5-6-27(64)19-59-42(69)78-22-79-80(71,72)73/h7-10,14-15,17,27,30-31,33H,5-6,11-13,16,18-22H2,1-4H3,(H,59,69)(H,61,68)(H2,71,72,73)/t27-,30-,31+,33-/m0/s1. The molecule has 0 bridgehead atoms. The molecule has 8 rings (SSSR count). The molecule has 0 spiro atoms. The van der Waals surface area contributed by atoms with Crippen LogP contribution < -0.4 is 14.9 Å². The van der Waals surface area contributed by atoms with E-state index < -0.39 is 182 Å². The average molecular weight is 1250 g/mol. The van der Waals surface area contributed by atoms with E-state index in [4.69, 9.17) is 26.4 Å². The number of halogens is 11. The van der Waals surface area contributed by atoms with E-state index in [-0.39, 0.29) is 74.7 Å². The van der Waals surface area contributed by atoms with Crippen LogP contribution in [0.15, 0.2) is 42.5 Å². The Labute approximate surface area is 464 Å². The number of benzene rings is 2. The van der Waals surface area contributed by atoms with Crippen molar-refractivity contribution < 1.29 is 98.7 Å². The molecule has 82 heavy (non-hydrogen) atoms. The number of likely N-dealkylation sites (tertiary alicyclic amines) is 1. The number of phosphoric acid groups is 1. The first-order chi connectivity index (χ1) is 37.8. The Morgan fingerprint density at radius 2 is 1.62 bits per heavy atom. The molecule has 0 unspecified atom stereocenters. The molecule has 448 valence electrons. The number of urea groups is 1. The second-order valence-corrected chi connectivity index (χ2v) is 26.6. The summed E-state index contributed by atoms with van der Waals surface area (Å²) < 4.78 is 221. The van der Waals surface area contributed by atoms with Crippen LogP contribution in [0.1, 0.15) is 85.4 Å². The third-order valence-corrected chi connectivity index (χ3v) is 18.1. The lowest BCUT2D eigenvalue weighted by Crippen LogP contribution is -2.51. The Hall–Kier alpha value is -6.12. The molecule has 4 heterocycles. The number of fused-ring (bicyclic) bond motifs is 4. The van der Waals surface area contributed by atoms with Crippen molar-refractivity contribution in [2.24, 2.45) is 5.92 Å². The van der Waals surface area contributed by atoms with Crippen LogP contribution >= 0.6 is 19.4 Å². The van der Waals surface area contributed by atoms with Crippen molar-refractivity contribution >= 4 is 74.0 Å². The molecule has 3 aromatic heterocycles. The van der Waals surface area contributed by atoms with Gasteiger partial charge in [0, 0.05) is 53.7 Å². The number of sulfonamides is 1. The molecule has 2 aliphatic carbocycles. The van der Waals surface area contributed by atoms with Crippen molar-refractivity contribution in [1.82, 2.24) is 40.1 Å². The highest BCUT2D eigenvalue weighted by molar-refractivity contribution is 7.93. The van der Waals surface area contributed by atoms with Crippen LogP contribution in [0.2, 0.25) is 5.02 Å². The maximum Gasteiger partial charge on any atom is 0.472 e. The number of amides is 4. The Balaban J connectivity index is 1.28. The Bertz CT molecular complexity index is 3640. The SMILES string of the molecule is CC(C)(CCc1ccc(-c2ccc(Cl)c3c(N(C(=O)N4CCC[C@H]4CNC(=O)OCOP(=O)(O)O)S(C)(=O)=O)nn(CC(F)(F)F)c23)c([C@H](Cc2cc(F)cc(F)c2)NC(=O)Cn2nc(C(F)(F)F)c3c2C(F)(F)[C@@H]2C[C@H]32)n1)S(C)(=O)=O. The van der Waals surface area contributed by atoms with Crippen molar-refractivity contribution in [3.63, 3.8) is 0 Å². The van der Waals surface area contributed by atoms with Gasteiger partial charge in [0.15, 0.2) is 21.3 Å². The quantitative estimate of drug-likeness (QED) is 0.0346. The van der Waals surface area contributed by atoms with Gasteiger partial charge < -0.3 is 30.1 Å². The number of sulfone groups is 1. The minimum absolute atomic E-state index is 0.0136. The Morgan fingerprint density at radius 3 is 2.23 bits per heavy atom. The number of hydrogen-bond donors (Lipinski definition) is 4. The molecule has 5 aromatic rings. The van der Waals surface area contributed by atoms with Gasteiger partial charge in [0.2, 0.25) is 22.7 Å². The number of anilines is 1. The van der Waals surface area contributed by atoms with E-state index in [1.54, 1.807) is 0 Å². The number of nitrogens with one attached hydrogen (secondary N) is 2. The lowest BCUT2D eigenvalue weighted by Gasteiger charge is -2.29. The zero-order chi connectivity index (χ0) is 60.6. The maximum atomic E-state index is 15.7. The summed E-state index contributed by atoms with van der Waals surface area (Å²) in [4.78, 5) is 64.6. The first kappa shape index (κ1) is 61.9. The molecule has 21 nitrogen and oxygen atoms in total. The predicted octanol–water partition coefficient (Wildman–Crippen LogP) is 8.02. The molecule has 3 aliphatic rings. The van der Waals surface area contributed by atoms with Gasteiger partial charge in [-0.3, -0.25) is 19.1 Å². The van der Waals surface area contributed by atoms with Crippen LogP contribution in [0.3, 0.4) is 0 Å². The highest BCUT2D eigenvalue weighted by Gasteiger charge is 2.68. The fourth-order valence-electron chi connectivity index (χ4n) is 10.0. The second kappa shape index (κ2) is 22.1. The Kier molecular flexibility index (Phi) is 16.7. The van der Waals surface area contributed by atoms with E-state index in [0.717, 1.165) is 35.4 Å². The first-order valence-electron chi connectivity index (χ1n) is 24.4. The molecule has 2 aromatic carbocycles. The highest BCUT2D eigenvalue weighted by Crippen LogP contribution is 2.68. The van der Waals surface area contributed by atoms with Gasteiger partial charge in [-0.2, -0.15) is 49.6 Å². The molecule has 1 saturated heterocycles. The minimum Gasteiger partial charge on any atom is -0.422 e. The van der Waals surface area contributed by atoms with Gasteiger partial charge in [-0.1, -0.05) is 23.7 Å². The van der Waals surface area contributed by atoms with E-state index in [2.05, 4.69) is 30.1 Å². The van der Waals surface area contributed by atoms with Crippen LogP contribution in [0, 0.1) is 17.6 Å². The van der Waals surface area contributed by atoms with Crippen molar-refractivity contribution in [2.75, 3.05) is 36.7 Å². The van der Waals surface area contributed by atoms with Crippen molar-refractivity contribution in [1.29, 1.82) is 0 Å². The molecule has 1 aliphatic heterocycles. The molecule has 35 heteroatoms. The number of carbonyl (C=O) groups is 3. The lowest BCUT2D eigenvalue weighted by atomic mass is 9.93. The van der Waals surface area contributed by atoms with Crippen LogP contribution in [0.5, 0.6) is 0 Å². The number of pyridine rings is 1. The van der Waals surface area contributed by atoms with Gasteiger partial charge in [0.1, 0.15) is 30.4 Å². The number of hydrogen-bond acceptors (Lipinski definition) is 13.